The quantitative estimate of drug-likeness (QED) is 0.846. The first-order valence-corrected chi connectivity index (χ1v) is 5.75. The molecule has 0 aromatic carbocycles. The van der Waals surface area contributed by atoms with Crippen molar-refractivity contribution in [1.29, 1.82) is 0 Å². The average Bonchev–Trinajstić information content (AvgIpc) is 2.26. The number of hydrogen-bond acceptors (Lipinski definition) is 3. The zero-order chi connectivity index (χ0) is 13.8. The second kappa shape index (κ2) is 6.45. The van der Waals surface area contributed by atoms with E-state index in [1.807, 2.05) is 0 Å². The van der Waals surface area contributed by atoms with E-state index in [2.05, 4.69) is 10.3 Å². The summed E-state index contributed by atoms with van der Waals surface area (Å²) in [6.07, 6.45) is -3.74. The zero-order valence-corrected chi connectivity index (χ0v) is 10.9. The summed E-state index contributed by atoms with van der Waals surface area (Å²) in [4.78, 5) is 3.61. The monoisotopic (exact) mass is 302 g/mol. The Morgan fingerprint density at radius 3 is 2.67 bits per heavy atom. The fourth-order valence-electron chi connectivity index (χ4n) is 1.17. The normalized spacial score (nSPS) is 13.4. The number of halogens is 5. The summed E-state index contributed by atoms with van der Waals surface area (Å²) in [6.45, 7) is 0.598. The summed E-state index contributed by atoms with van der Waals surface area (Å²) in [6, 6.07) is 0.816. The van der Waals surface area contributed by atoms with Gasteiger partial charge in [-0.2, -0.15) is 13.2 Å². The van der Waals surface area contributed by atoms with Gasteiger partial charge in [0.2, 0.25) is 0 Å². The molecule has 102 valence electrons. The van der Waals surface area contributed by atoms with Crippen LogP contribution in [0.1, 0.15) is 5.56 Å². The first kappa shape index (κ1) is 15.3. The van der Waals surface area contributed by atoms with Crippen molar-refractivity contribution in [2.75, 3.05) is 25.6 Å². The van der Waals surface area contributed by atoms with E-state index in [4.69, 9.17) is 27.9 Å². The van der Waals surface area contributed by atoms with Crippen LogP contribution in [-0.2, 0) is 10.9 Å². The molecular weight excluding hydrogens is 292 g/mol. The van der Waals surface area contributed by atoms with Gasteiger partial charge in [-0.25, -0.2) is 4.98 Å². The lowest BCUT2D eigenvalue weighted by molar-refractivity contribution is -0.137. The molecule has 0 aliphatic carbocycles. The predicted molar refractivity (Wildman–Crippen MR) is 64.3 cm³/mol. The molecule has 0 amide bonds. The molecule has 0 radical (unpaired) electrons. The van der Waals surface area contributed by atoms with Gasteiger partial charge in [0.25, 0.3) is 0 Å². The maximum atomic E-state index is 12.4. The molecule has 1 unspecified atom stereocenters. The molecule has 18 heavy (non-hydrogen) atoms. The molecule has 0 aliphatic rings. The van der Waals surface area contributed by atoms with Gasteiger partial charge in [-0.15, -0.1) is 11.6 Å². The first-order chi connectivity index (χ1) is 8.34. The van der Waals surface area contributed by atoms with Crippen LogP contribution in [0, 0.1) is 0 Å². The molecular formula is C10H11Cl2F3N2O. The van der Waals surface area contributed by atoms with Gasteiger partial charge in [-0.05, 0) is 6.07 Å². The van der Waals surface area contributed by atoms with Crippen molar-refractivity contribution >= 4 is 29.0 Å². The highest BCUT2D eigenvalue weighted by Gasteiger charge is 2.31. The zero-order valence-electron chi connectivity index (χ0n) is 9.39. The Kier molecular flexibility index (Phi) is 5.49. The van der Waals surface area contributed by atoms with E-state index in [9.17, 15) is 13.2 Å². The number of nitrogens with one attached hydrogen (secondary N) is 1. The minimum Gasteiger partial charge on any atom is -0.383 e. The second-order valence-electron chi connectivity index (χ2n) is 3.49. The highest BCUT2D eigenvalue weighted by molar-refractivity contribution is 6.33. The molecule has 0 saturated heterocycles. The van der Waals surface area contributed by atoms with Gasteiger partial charge >= 0.3 is 6.18 Å². The summed E-state index contributed by atoms with van der Waals surface area (Å²) >= 11 is 11.5. The molecule has 1 aromatic rings. The van der Waals surface area contributed by atoms with Crippen LogP contribution < -0.4 is 5.32 Å². The Bertz CT molecular complexity index is 401. The number of methoxy groups -OCH3 is 1. The summed E-state index contributed by atoms with van der Waals surface area (Å²) in [5, 5.41) is 2.32. The Labute approximate surface area is 112 Å². The largest absolute Gasteiger partial charge is 0.417 e. The van der Waals surface area contributed by atoms with E-state index < -0.39 is 11.7 Å². The number of rotatable bonds is 5. The lowest BCUT2D eigenvalue weighted by Gasteiger charge is -2.13. The van der Waals surface area contributed by atoms with E-state index in [0.717, 1.165) is 6.07 Å². The van der Waals surface area contributed by atoms with Gasteiger partial charge in [-0.3, -0.25) is 0 Å². The summed E-state index contributed by atoms with van der Waals surface area (Å²) in [5.74, 6) is 0.159. The van der Waals surface area contributed by atoms with Gasteiger partial charge in [-0.1, -0.05) is 11.6 Å². The lowest BCUT2D eigenvalue weighted by atomic mass is 10.3. The Hall–Kier alpha value is -0.720. The first-order valence-electron chi connectivity index (χ1n) is 4.94. The SMILES string of the molecule is COCC(Cl)CNc1ncc(C(F)(F)F)cc1Cl. The standard InChI is InChI=1S/C10H11Cl2F3N2O/c1-18-5-7(11)4-17-9-8(12)2-6(3-16-9)10(13,14)15/h2-3,7H,4-5H2,1H3,(H,16,17). The van der Waals surface area contributed by atoms with Crippen LogP contribution in [0.2, 0.25) is 5.02 Å². The van der Waals surface area contributed by atoms with Crippen LogP contribution in [0.4, 0.5) is 19.0 Å². The van der Waals surface area contributed by atoms with Crippen LogP contribution in [0.5, 0.6) is 0 Å². The minimum atomic E-state index is -4.46. The third-order valence-electron chi connectivity index (χ3n) is 2.01. The van der Waals surface area contributed by atoms with Crippen molar-refractivity contribution in [1.82, 2.24) is 4.98 Å². The fourth-order valence-corrected chi connectivity index (χ4v) is 1.61. The molecule has 0 aliphatic heterocycles. The average molecular weight is 303 g/mol. The molecule has 1 rings (SSSR count). The van der Waals surface area contributed by atoms with Crippen molar-refractivity contribution in [3.63, 3.8) is 0 Å². The van der Waals surface area contributed by atoms with Crippen molar-refractivity contribution in [2.24, 2.45) is 0 Å². The molecule has 0 saturated carbocycles. The number of anilines is 1. The van der Waals surface area contributed by atoms with E-state index >= 15 is 0 Å². The number of aromatic nitrogens is 1. The van der Waals surface area contributed by atoms with Crippen LogP contribution in [-0.4, -0.2) is 30.6 Å². The van der Waals surface area contributed by atoms with Crippen LogP contribution in [0.15, 0.2) is 12.3 Å². The molecule has 0 spiro atoms. The van der Waals surface area contributed by atoms with Gasteiger partial charge in [0.1, 0.15) is 5.82 Å². The van der Waals surface area contributed by atoms with Gasteiger partial charge in [0.05, 0.1) is 22.6 Å². The summed E-state index contributed by atoms with van der Waals surface area (Å²) in [7, 11) is 1.50. The molecule has 0 bridgehead atoms. The van der Waals surface area contributed by atoms with Crippen LogP contribution in [0.3, 0.4) is 0 Å². The molecule has 1 atom stereocenters. The predicted octanol–water partition coefficient (Wildman–Crippen LogP) is 3.42. The van der Waals surface area contributed by atoms with Crippen molar-refractivity contribution < 1.29 is 17.9 Å². The third kappa shape index (κ3) is 4.51. The molecule has 8 heteroatoms. The van der Waals surface area contributed by atoms with Gasteiger partial charge in [0, 0.05) is 19.9 Å². The van der Waals surface area contributed by atoms with Crippen LogP contribution >= 0.6 is 23.2 Å². The minimum absolute atomic E-state index is 0.105. The third-order valence-corrected chi connectivity index (χ3v) is 2.58. The highest BCUT2D eigenvalue weighted by atomic mass is 35.5. The van der Waals surface area contributed by atoms with E-state index in [1.165, 1.54) is 7.11 Å². The van der Waals surface area contributed by atoms with Gasteiger partial charge in [0.15, 0.2) is 0 Å². The molecule has 3 nitrogen and oxygen atoms in total. The van der Waals surface area contributed by atoms with Crippen molar-refractivity contribution in [2.45, 2.75) is 11.6 Å². The molecule has 1 aromatic heterocycles. The number of hydrogen-bond donors (Lipinski definition) is 1. The molecule has 1 heterocycles. The van der Waals surface area contributed by atoms with Crippen LogP contribution in [0.25, 0.3) is 0 Å². The smallest absolute Gasteiger partial charge is 0.383 e. The van der Waals surface area contributed by atoms with E-state index in [-0.39, 0.29) is 22.8 Å². The van der Waals surface area contributed by atoms with Gasteiger partial charge < -0.3 is 10.1 Å². The van der Waals surface area contributed by atoms with E-state index in [0.29, 0.717) is 12.8 Å². The fraction of sp³-hybridized carbons (Fsp3) is 0.500. The number of pyridine rings is 1. The Morgan fingerprint density at radius 2 is 2.17 bits per heavy atom. The van der Waals surface area contributed by atoms with Crippen molar-refractivity contribution in [3.8, 4) is 0 Å². The molecule has 0 fully saturated rings. The second-order valence-corrected chi connectivity index (χ2v) is 4.51. The topological polar surface area (TPSA) is 34.1 Å². The Balaban J connectivity index is 2.69. The number of nitrogens with zero attached hydrogens (tertiary/aromatic N) is 1. The lowest BCUT2D eigenvalue weighted by Crippen LogP contribution is -2.20. The van der Waals surface area contributed by atoms with E-state index in [1.54, 1.807) is 0 Å². The van der Waals surface area contributed by atoms with Crippen molar-refractivity contribution in [3.05, 3.63) is 22.8 Å². The molecule has 1 N–H and O–H groups in total. The maximum absolute atomic E-state index is 12.4. The Morgan fingerprint density at radius 1 is 1.50 bits per heavy atom. The summed E-state index contributed by atoms with van der Waals surface area (Å²) in [5.41, 5.74) is -0.891. The summed E-state index contributed by atoms with van der Waals surface area (Å²) < 4.78 is 41.9. The number of ether oxygens (including phenoxy) is 1. The highest BCUT2D eigenvalue weighted by Crippen LogP contribution is 2.32. The maximum Gasteiger partial charge on any atom is 0.417 e. The number of alkyl halides is 4.